The predicted molar refractivity (Wildman–Crippen MR) is 102 cm³/mol. The Labute approximate surface area is 161 Å². The highest BCUT2D eigenvalue weighted by atomic mass is 19.1. The molecule has 1 N–H and O–H groups in total. The van der Waals surface area contributed by atoms with Crippen LogP contribution in [0.5, 0.6) is 5.88 Å². The molecule has 0 aliphatic heterocycles. The average molecular weight is 381 g/mol. The van der Waals surface area contributed by atoms with Crippen LogP contribution in [0.15, 0.2) is 34.9 Å². The smallest absolute Gasteiger partial charge is 0.316 e. The topological polar surface area (TPSA) is 86.0 Å². The van der Waals surface area contributed by atoms with Crippen molar-refractivity contribution in [3.05, 3.63) is 53.2 Å². The van der Waals surface area contributed by atoms with Gasteiger partial charge in [0, 0.05) is 16.7 Å². The molecule has 0 amide bonds. The minimum absolute atomic E-state index is 0.0784. The van der Waals surface area contributed by atoms with E-state index in [-0.39, 0.29) is 11.4 Å². The van der Waals surface area contributed by atoms with E-state index in [0.29, 0.717) is 17.7 Å². The predicted octanol–water partition coefficient (Wildman–Crippen LogP) is 3.87. The number of allylic oxidation sites excluding steroid dienone is 1. The van der Waals surface area contributed by atoms with Gasteiger partial charge in [0.2, 0.25) is 11.7 Å². The fraction of sp³-hybridized carbons (Fsp3) is 0.300. The van der Waals surface area contributed by atoms with Crippen molar-refractivity contribution in [1.29, 1.82) is 0 Å². The number of hydrogen-bond donors (Lipinski definition) is 1. The van der Waals surface area contributed by atoms with Crippen molar-refractivity contribution in [2.24, 2.45) is 0 Å². The fourth-order valence-electron chi connectivity index (χ4n) is 3.01. The van der Waals surface area contributed by atoms with Gasteiger partial charge in [0.1, 0.15) is 0 Å². The largest absolute Gasteiger partial charge is 0.479 e. The summed E-state index contributed by atoms with van der Waals surface area (Å²) in [6.07, 6.45) is 3.88. The van der Waals surface area contributed by atoms with E-state index in [2.05, 4.69) is 25.5 Å². The molecule has 7 nitrogen and oxygen atoms in total. The van der Waals surface area contributed by atoms with E-state index in [4.69, 9.17) is 9.15 Å². The number of fused-ring (bicyclic) bond motifs is 1. The second-order valence-corrected chi connectivity index (χ2v) is 7.53. The molecule has 0 atom stereocenters. The minimum Gasteiger partial charge on any atom is -0.479 e. The molecule has 144 valence electrons. The first-order valence-corrected chi connectivity index (χ1v) is 8.86. The molecule has 0 unspecified atom stereocenters. The maximum absolute atomic E-state index is 13.7. The molecule has 1 aliphatic carbocycles. The van der Waals surface area contributed by atoms with Gasteiger partial charge in [0.25, 0.3) is 5.88 Å². The van der Waals surface area contributed by atoms with Gasteiger partial charge in [0.05, 0.1) is 13.3 Å². The third-order valence-corrected chi connectivity index (χ3v) is 4.23. The number of ether oxygens (including phenoxy) is 1. The molecule has 0 saturated carbocycles. The molecule has 0 spiro atoms. The van der Waals surface area contributed by atoms with Gasteiger partial charge in [-0.15, -0.1) is 5.10 Å². The lowest BCUT2D eigenvalue weighted by molar-refractivity contribution is 0.366. The van der Waals surface area contributed by atoms with Gasteiger partial charge < -0.3 is 14.5 Å². The van der Waals surface area contributed by atoms with Crippen LogP contribution in [0.2, 0.25) is 0 Å². The van der Waals surface area contributed by atoms with Crippen LogP contribution in [-0.2, 0) is 6.42 Å². The zero-order valence-electron chi connectivity index (χ0n) is 16.1. The lowest BCUT2D eigenvalue weighted by Crippen LogP contribution is -2.26. The van der Waals surface area contributed by atoms with Crippen LogP contribution in [0.4, 0.5) is 10.4 Å². The Morgan fingerprint density at radius 3 is 2.79 bits per heavy atom. The third kappa shape index (κ3) is 3.45. The Morgan fingerprint density at radius 2 is 2.04 bits per heavy atom. The maximum Gasteiger partial charge on any atom is 0.316 e. The Kier molecular flexibility index (Phi) is 4.33. The standard InChI is InChI=1S/C20H20FN5O2/c1-20(2,3)24-19-26-25-17(28-19)12-6-5-11-7-8-13(14(11)9-12)16-22-10-15(21)18(23-16)27-4/h5-6,8-10H,7H2,1-4H3,(H,24,26). The SMILES string of the molecule is COc1nc(C2=CCc3ccc(-c4nnc(NC(C)(C)C)o4)cc32)ncc1F. The molecule has 3 aromatic rings. The zero-order valence-corrected chi connectivity index (χ0v) is 16.1. The summed E-state index contributed by atoms with van der Waals surface area (Å²) in [5, 5.41) is 11.3. The van der Waals surface area contributed by atoms with Gasteiger partial charge in [-0.2, -0.15) is 9.37 Å². The van der Waals surface area contributed by atoms with E-state index in [9.17, 15) is 4.39 Å². The van der Waals surface area contributed by atoms with E-state index in [0.717, 1.165) is 34.9 Å². The molecule has 1 aliphatic rings. The minimum atomic E-state index is -0.594. The maximum atomic E-state index is 13.7. The van der Waals surface area contributed by atoms with Crippen molar-refractivity contribution in [1.82, 2.24) is 20.2 Å². The Bertz CT molecular complexity index is 1070. The Morgan fingerprint density at radius 1 is 1.21 bits per heavy atom. The number of methoxy groups -OCH3 is 1. The summed E-state index contributed by atoms with van der Waals surface area (Å²) in [6.45, 7) is 6.04. The van der Waals surface area contributed by atoms with Crippen LogP contribution in [0, 0.1) is 5.82 Å². The molecule has 0 radical (unpaired) electrons. The second-order valence-electron chi connectivity index (χ2n) is 7.53. The number of benzene rings is 1. The number of rotatable bonds is 4. The van der Waals surface area contributed by atoms with Crippen LogP contribution in [0.1, 0.15) is 37.7 Å². The van der Waals surface area contributed by atoms with Crippen molar-refractivity contribution in [3.8, 4) is 17.3 Å². The van der Waals surface area contributed by atoms with E-state index in [1.165, 1.54) is 7.11 Å². The van der Waals surface area contributed by atoms with Gasteiger partial charge in [-0.05, 0) is 50.5 Å². The summed E-state index contributed by atoms with van der Waals surface area (Å²) in [4.78, 5) is 8.30. The number of halogens is 1. The number of nitrogens with zero attached hydrogens (tertiary/aromatic N) is 4. The summed E-state index contributed by atoms with van der Waals surface area (Å²) in [5.74, 6) is 0.155. The van der Waals surface area contributed by atoms with Crippen molar-refractivity contribution in [2.75, 3.05) is 12.4 Å². The Hall–Kier alpha value is -3.29. The number of hydrogen-bond acceptors (Lipinski definition) is 7. The fourth-order valence-corrected chi connectivity index (χ4v) is 3.01. The van der Waals surface area contributed by atoms with Gasteiger partial charge in [-0.1, -0.05) is 17.2 Å². The molecule has 28 heavy (non-hydrogen) atoms. The summed E-state index contributed by atoms with van der Waals surface area (Å²) < 4.78 is 24.4. The quantitative estimate of drug-likeness (QED) is 0.734. The molecule has 2 aromatic heterocycles. The third-order valence-electron chi connectivity index (χ3n) is 4.23. The van der Waals surface area contributed by atoms with E-state index in [1.54, 1.807) is 0 Å². The highest BCUT2D eigenvalue weighted by molar-refractivity contribution is 5.83. The summed E-state index contributed by atoms with van der Waals surface area (Å²) in [7, 11) is 1.38. The lowest BCUT2D eigenvalue weighted by Gasteiger charge is -2.17. The summed E-state index contributed by atoms with van der Waals surface area (Å²) >= 11 is 0. The highest BCUT2D eigenvalue weighted by Gasteiger charge is 2.22. The molecular weight excluding hydrogens is 361 g/mol. The van der Waals surface area contributed by atoms with Gasteiger partial charge in [0.15, 0.2) is 5.82 Å². The first-order valence-electron chi connectivity index (χ1n) is 8.86. The van der Waals surface area contributed by atoms with Crippen LogP contribution in [-0.4, -0.2) is 32.8 Å². The average Bonchev–Trinajstić information content (AvgIpc) is 3.27. The number of nitrogens with one attached hydrogen (secondary N) is 1. The van der Waals surface area contributed by atoms with Crippen molar-refractivity contribution in [2.45, 2.75) is 32.7 Å². The van der Waals surface area contributed by atoms with Crippen molar-refractivity contribution < 1.29 is 13.5 Å². The number of anilines is 1. The zero-order chi connectivity index (χ0) is 19.9. The van der Waals surface area contributed by atoms with Crippen LogP contribution >= 0.6 is 0 Å². The summed E-state index contributed by atoms with van der Waals surface area (Å²) in [6, 6.07) is 6.28. The first-order chi connectivity index (χ1) is 13.3. The van der Waals surface area contributed by atoms with E-state index >= 15 is 0 Å². The van der Waals surface area contributed by atoms with Crippen LogP contribution < -0.4 is 10.1 Å². The van der Waals surface area contributed by atoms with Gasteiger partial charge >= 0.3 is 6.01 Å². The Balaban J connectivity index is 1.68. The van der Waals surface area contributed by atoms with E-state index in [1.807, 2.05) is 45.0 Å². The molecule has 0 bridgehead atoms. The molecular formula is C20H20FN5O2. The molecule has 2 heterocycles. The number of aromatic nitrogens is 4. The van der Waals surface area contributed by atoms with Gasteiger partial charge in [-0.3, -0.25) is 0 Å². The lowest BCUT2D eigenvalue weighted by atomic mass is 10.0. The van der Waals surface area contributed by atoms with E-state index < -0.39 is 5.82 Å². The van der Waals surface area contributed by atoms with Crippen molar-refractivity contribution >= 4 is 11.6 Å². The van der Waals surface area contributed by atoms with Crippen molar-refractivity contribution in [3.63, 3.8) is 0 Å². The molecule has 8 heteroatoms. The van der Waals surface area contributed by atoms with Gasteiger partial charge in [-0.25, -0.2) is 4.98 Å². The highest BCUT2D eigenvalue weighted by Crippen LogP contribution is 2.35. The monoisotopic (exact) mass is 381 g/mol. The van der Waals surface area contributed by atoms with Crippen LogP contribution in [0.3, 0.4) is 0 Å². The second kappa shape index (κ2) is 6.70. The molecule has 0 fully saturated rings. The molecule has 1 aromatic carbocycles. The normalized spacial score (nSPS) is 13.2. The molecule has 0 saturated heterocycles. The van der Waals surface area contributed by atoms with Crippen LogP contribution in [0.25, 0.3) is 17.0 Å². The first kappa shape index (κ1) is 18.1. The summed E-state index contributed by atoms with van der Waals surface area (Å²) in [5.41, 5.74) is 3.50. The molecule has 4 rings (SSSR count).